The predicted molar refractivity (Wildman–Crippen MR) is 144 cm³/mol. The molecule has 39 heavy (non-hydrogen) atoms. The lowest BCUT2D eigenvalue weighted by molar-refractivity contribution is -0.201. The number of carbonyl (C=O) groups excluding carboxylic acids is 3. The summed E-state index contributed by atoms with van der Waals surface area (Å²) in [6, 6.07) is 0. The lowest BCUT2D eigenvalue weighted by Gasteiger charge is -2.59. The Hall–Kier alpha value is -1.87. The molecule has 4 aliphatic carbocycles. The first-order valence-corrected chi connectivity index (χ1v) is 14.7. The number of hydrogen-bond acceptors (Lipinski definition) is 7. The number of ketones is 2. The minimum atomic E-state index is -1.27. The Bertz CT molecular complexity index is 1100. The predicted octanol–water partition coefficient (Wildman–Crippen LogP) is 3.86. The lowest BCUT2D eigenvalue weighted by atomic mass is 9.46. The summed E-state index contributed by atoms with van der Waals surface area (Å²) in [5, 5.41) is 14.6. The molecule has 1 unspecified atom stereocenters. The zero-order valence-electron chi connectivity index (χ0n) is 24.2. The van der Waals surface area contributed by atoms with E-state index in [-0.39, 0.29) is 54.5 Å². The fourth-order valence-corrected chi connectivity index (χ4v) is 9.13. The molecule has 0 bridgehead atoms. The van der Waals surface area contributed by atoms with Crippen LogP contribution in [0.3, 0.4) is 0 Å². The van der Waals surface area contributed by atoms with Crippen LogP contribution in [0.15, 0.2) is 23.8 Å². The van der Waals surface area contributed by atoms with Gasteiger partial charge < -0.3 is 24.6 Å². The number of fused-ring (bicyclic) bond motifs is 7. The van der Waals surface area contributed by atoms with E-state index in [0.717, 1.165) is 24.8 Å². The number of rotatable bonds is 8. The van der Waals surface area contributed by atoms with Crippen LogP contribution in [0.25, 0.3) is 0 Å². The number of aliphatic hydroxyl groups is 1. The van der Waals surface area contributed by atoms with Crippen molar-refractivity contribution < 1.29 is 33.7 Å². The summed E-state index contributed by atoms with van der Waals surface area (Å²) in [7, 11) is 0. The van der Waals surface area contributed by atoms with Crippen molar-refractivity contribution in [3.05, 3.63) is 23.8 Å². The molecule has 8 heteroatoms. The van der Waals surface area contributed by atoms with Gasteiger partial charge in [0, 0.05) is 22.7 Å². The fraction of sp³-hybridized carbons (Fsp3) is 0.774. The molecule has 0 spiro atoms. The van der Waals surface area contributed by atoms with Crippen LogP contribution in [0.5, 0.6) is 0 Å². The highest BCUT2D eigenvalue weighted by atomic mass is 16.8. The molecule has 8 nitrogen and oxygen atoms in total. The first-order valence-electron chi connectivity index (χ1n) is 14.7. The van der Waals surface area contributed by atoms with Crippen molar-refractivity contribution in [3.8, 4) is 0 Å². The molecule has 1 aliphatic heterocycles. The Labute approximate surface area is 231 Å². The molecule has 1 heterocycles. The Kier molecular flexibility index (Phi) is 7.27. The number of aliphatic hydroxyl groups excluding tert-OH is 1. The quantitative estimate of drug-likeness (QED) is 0.353. The van der Waals surface area contributed by atoms with Crippen LogP contribution < -0.4 is 5.32 Å². The average molecular weight is 544 g/mol. The van der Waals surface area contributed by atoms with Crippen LogP contribution in [0.1, 0.15) is 80.1 Å². The smallest absolute Gasteiger partial charge is 0.224 e. The highest BCUT2D eigenvalue weighted by Crippen LogP contribution is 2.72. The summed E-state index contributed by atoms with van der Waals surface area (Å²) in [5.41, 5.74) is -2.09. The molecule has 0 aromatic heterocycles. The van der Waals surface area contributed by atoms with Crippen molar-refractivity contribution in [2.24, 2.45) is 34.5 Å². The highest BCUT2D eigenvalue weighted by molar-refractivity contribution is 6.01. The Balaban J connectivity index is 1.47. The monoisotopic (exact) mass is 543 g/mol. The zero-order chi connectivity index (χ0) is 28.4. The number of amides is 1. The van der Waals surface area contributed by atoms with E-state index < -0.39 is 34.4 Å². The number of Topliss-reactive ketones (excluding diaryl/α,β-unsaturated/α-hetero) is 1. The minimum absolute atomic E-state index is 0.0110. The zero-order valence-corrected chi connectivity index (χ0v) is 24.2. The molecule has 4 fully saturated rings. The number of ether oxygens (including phenoxy) is 3. The van der Waals surface area contributed by atoms with Gasteiger partial charge in [-0.05, 0) is 63.0 Å². The third-order valence-corrected chi connectivity index (χ3v) is 10.8. The van der Waals surface area contributed by atoms with Crippen molar-refractivity contribution in [3.63, 3.8) is 0 Å². The SMILES string of the molecule is CCCC1O[C@]2(C(=O)COCNC(=O)C(C)C)[C@@](C)(C[C@H]3[C@@H]4CCC5=CC(=O)C=C[C@]5(C)[C@H]4[C@@H](O)C[C@@]32C)O1. The second-order valence-electron chi connectivity index (χ2n) is 13.4. The van der Waals surface area contributed by atoms with Crippen LogP contribution in [-0.4, -0.2) is 59.5 Å². The van der Waals surface area contributed by atoms with E-state index in [1.54, 1.807) is 26.0 Å². The summed E-state index contributed by atoms with van der Waals surface area (Å²) in [6.45, 7) is 11.6. The Morgan fingerprint density at radius 1 is 1.21 bits per heavy atom. The van der Waals surface area contributed by atoms with Crippen molar-refractivity contribution >= 4 is 17.5 Å². The van der Waals surface area contributed by atoms with Gasteiger partial charge in [0.25, 0.3) is 0 Å². The summed E-state index contributed by atoms with van der Waals surface area (Å²) in [4.78, 5) is 38.4. The minimum Gasteiger partial charge on any atom is -0.393 e. The highest BCUT2D eigenvalue weighted by Gasteiger charge is 2.80. The van der Waals surface area contributed by atoms with E-state index in [0.29, 0.717) is 19.3 Å². The molecule has 1 amide bonds. The molecule has 216 valence electrons. The average Bonchev–Trinajstić information content (AvgIpc) is 3.26. The van der Waals surface area contributed by atoms with Gasteiger partial charge in [-0.3, -0.25) is 14.4 Å². The molecule has 5 aliphatic rings. The van der Waals surface area contributed by atoms with Gasteiger partial charge in [-0.1, -0.05) is 52.7 Å². The van der Waals surface area contributed by atoms with Crippen LogP contribution in [-0.2, 0) is 28.6 Å². The van der Waals surface area contributed by atoms with Crippen molar-refractivity contribution in [1.82, 2.24) is 5.32 Å². The first-order chi connectivity index (χ1) is 18.3. The van der Waals surface area contributed by atoms with E-state index in [2.05, 4.69) is 26.1 Å². The molecule has 2 N–H and O–H groups in total. The molecule has 1 saturated heterocycles. The van der Waals surface area contributed by atoms with Gasteiger partial charge in [-0.25, -0.2) is 0 Å². The molecular formula is C31H45NO7. The number of nitrogens with one attached hydrogen (secondary N) is 1. The maximum Gasteiger partial charge on any atom is 0.224 e. The van der Waals surface area contributed by atoms with Crippen LogP contribution in [0.4, 0.5) is 0 Å². The summed E-state index contributed by atoms with van der Waals surface area (Å²) < 4.78 is 19.0. The first kappa shape index (κ1) is 28.7. The summed E-state index contributed by atoms with van der Waals surface area (Å²) in [6.07, 6.45) is 8.45. The Morgan fingerprint density at radius 2 is 1.95 bits per heavy atom. The van der Waals surface area contributed by atoms with Gasteiger partial charge in [0.05, 0.1) is 6.10 Å². The third-order valence-electron chi connectivity index (χ3n) is 10.8. The summed E-state index contributed by atoms with van der Waals surface area (Å²) in [5.74, 6) is -0.310. The molecular weight excluding hydrogens is 498 g/mol. The van der Waals surface area contributed by atoms with Gasteiger partial charge in [0.1, 0.15) is 18.9 Å². The van der Waals surface area contributed by atoms with Gasteiger partial charge in [-0.2, -0.15) is 0 Å². The van der Waals surface area contributed by atoms with E-state index >= 15 is 0 Å². The molecule has 0 aromatic rings. The van der Waals surface area contributed by atoms with E-state index in [1.165, 1.54) is 0 Å². The van der Waals surface area contributed by atoms with Crippen LogP contribution in [0, 0.1) is 34.5 Å². The van der Waals surface area contributed by atoms with Crippen LogP contribution >= 0.6 is 0 Å². The van der Waals surface area contributed by atoms with Crippen molar-refractivity contribution in [1.29, 1.82) is 0 Å². The largest absolute Gasteiger partial charge is 0.393 e. The molecule has 5 rings (SSSR count). The standard InChI is InChI=1S/C31H45NO7/c1-7-8-25-38-30(6)14-22-21-10-9-19-13-20(33)11-12-28(19,4)26(21)23(34)15-29(22,5)31(30,39-25)24(35)16-37-17-32-27(36)18(2)3/h11-13,18,21-23,25-26,34H,7-10,14-17H2,1-6H3,(H,32,36)/t21-,22-,23-,25?,26+,28-,29-,30+,31-/m0/s1. The third kappa shape index (κ3) is 4.12. The van der Waals surface area contributed by atoms with E-state index in [4.69, 9.17) is 14.2 Å². The molecule has 0 aromatic carbocycles. The van der Waals surface area contributed by atoms with E-state index in [1.807, 2.05) is 13.0 Å². The second-order valence-corrected chi connectivity index (χ2v) is 13.4. The normalized spacial score (nSPS) is 44.4. The molecule has 9 atom stereocenters. The summed E-state index contributed by atoms with van der Waals surface area (Å²) >= 11 is 0. The molecule has 0 radical (unpaired) electrons. The fourth-order valence-electron chi connectivity index (χ4n) is 9.13. The molecule has 3 saturated carbocycles. The van der Waals surface area contributed by atoms with Gasteiger partial charge in [0.2, 0.25) is 5.91 Å². The van der Waals surface area contributed by atoms with Gasteiger partial charge >= 0.3 is 0 Å². The number of allylic oxidation sites excluding steroid dienone is 4. The van der Waals surface area contributed by atoms with Crippen molar-refractivity contribution in [2.75, 3.05) is 13.3 Å². The van der Waals surface area contributed by atoms with Crippen molar-refractivity contribution in [2.45, 2.75) is 104 Å². The number of carbonyl (C=O) groups is 3. The second kappa shape index (κ2) is 9.89. The Morgan fingerprint density at radius 3 is 2.64 bits per heavy atom. The van der Waals surface area contributed by atoms with Gasteiger partial charge in [-0.15, -0.1) is 0 Å². The maximum atomic E-state index is 14.3. The van der Waals surface area contributed by atoms with E-state index in [9.17, 15) is 19.5 Å². The number of hydrogen-bond donors (Lipinski definition) is 2. The lowest BCUT2D eigenvalue weighted by Crippen LogP contribution is -2.65. The van der Waals surface area contributed by atoms with Crippen LogP contribution in [0.2, 0.25) is 0 Å². The topological polar surface area (TPSA) is 111 Å². The van der Waals surface area contributed by atoms with Gasteiger partial charge in [0.15, 0.2) is 23.5 Å². The maximum absolute atomic E-state index is 14.3.